The van der Waals surface area contributed by atoms with Gasteiger partial charge < -0.3 is 14.5 Å². The van der Waals surface area contributed by atoms with E-state index >= 15 is 0 Å². The Bertz CT molecular complexity index is 839. The number of nitrogens with zero attached hydrogens (tertiary/aromatic N) is 2. The molecule has 0 spiro atoms. The normalized spacial score (nSPS) is 20.2. The van der Waals surface area contributed by atoms with Crippen molar-refractivity contribution in [3.8, 4) is 5.75 Å². The third-order valence-electron chi connectivity index (χ3n) is 5.45. The maximum atomic E-state index is 14.4. The molecule has 1 atom stereocenters. The molecule has 1 amide bonds. The van der Waals surface area contributed by atoms with E-state index in [0.717, 1.165) is 24.6 Å². The molecule has 2 aliphatic rings. The molecule has 1 saturated heterocycles. The first-order valence-electron chi connectivity index (χ1n) is 9.71. The minimum atomic E-state index is -0.753. The average Bonchev–Trinajstić information content (AvgIpc) is 3.41. The van der Waals surface area contributed by atoms with Gasteiger partial charge in [-0.05, 0) is 43.5 Å². The largest absolute Gasteiger partial charge is 0.497 e. The van der Waals surface area contributed by atoms with Crippen LogP contribution in [0.25, 0.3) is 0 Å². The van der Waals surface area contributed by atoms with Crippen LogP contribution in [0.5, 0.6) is 5.75 Å². The Labute approximate surface area is 169 Å². The van der Waals surface area contributed by atoms with E-state index in [2.05, 4.69) is 4.90 Å². The van der Waals surface area contributed by atoms with Gasteiger partial charge in [0, 0.05) is 50.2 Å². The summed E-state index contributed by atoms with van der Waals surface area (Å²) in [5, 5.41) is 0. The Kier molecular flexibility index (Phi) is 6.35. The number of aldehydes is 1. The molecular formula is C22H26F2N2O3. The highest BCUT2D eigenvalue weighted by Crippen LogP contribution is 2.35. The van der Waals surface area contributed by atoms with Gasteiger partial charge in [-0.2, -0.15) is 0 Å². The van der Waals surface area contributed by atoms with E-state index in [4.69, 9.17) is 4.74 Å². The number of rotatable bonds is 8. The average molecular weight is 404 g/mol. The number of likely N-dealkylation sites (tertiary alicyclic amines) is 1. The second kappa shape index (κ2) is 8.76. The van der Waals surface area contributed by atoms with E-state index in [1.807, 2.05) is 13.2 Å². The zero-order valence-electron chi connectivity index (χ0n) is 17.0. The number of benzene rings is 1. The summed E-state index contributed by atoms with van der Waals surface area (Å²) in [5.41, 5.74) is 0.708. The predicted octanol–water partition coefficient (Wildman–Crippen LogP) is 3.62. The van der Waals surface area contributed by atoms with Gasteiger partial charge in [0.15, 0.2) is 6.29 Å². The summed E-state index contributed by atoms with van der Waals surface area (Å²) in [6.07, 6.45) is 6.74. The van der Waals surface area contributed by atoms with Crippen LogP contribution >= 0.6 is 0 Å². The van der Waals surface area contributed by atoms with Crippen LogP contribution in [0.3, 0.4) is 0 Å². The van der Waals surface area contributed by atoms with Gasteiger partial charge in [-0.15, -0.1) is 0 Å². The molecular weight excluding hydrogens is 378 g/mol. The number of hydrogen-bond donors (Lipinski definition) is 0. The highest BCUT2D eigenvalue weighted by atomic mass is 19.1. The first-order valence-corrected chi connectivity index (χ1v) is 9.71. The molecule has 29 heavy (non-hydrogen) atoms. The lowest BCUT2D eigenvalue weighted by Gasteiger charge is -2.19. The van der Waals surface area contributed by atoms with E-state index in [1.54, 1.807) is 13.0 Å². The summed E-state index contributed by atoms with van der Waals surface area (Å²) in [6, 6.07) is 2.21. The monoisotopic (exact) mass is 404 g/mol. The van der Waals surface area contributed by atoms with Gasteiger partial charge in [-0.25, -0.2) is 8.78 Å². The molecule has 7 heteroatoms. The van der Waals surface area contributed by atoms with Crippen molar-refractivity contribution in [2.24, 2.45) is 5.92 Å². The molecule has 156 valence electrons. The van der Waals surface area contributed by atoms with Crippen LogP contribution in [-0.2, 0) is 9.59 Å². The molecule has 0 N–H and O–H groups in total. The summed E-state index contributed by atoms with van der Waals surface area (Å²) in [5.74, 6) is -1.69. The minimum Gasteiger partial charge on any atom is -0.497 e. The summed E-state index contributed by atoms with van der Waals surface area (Å²) >= 11 is 0. The van der Waals surface area contributed by atoms with Crippen LogP contribution in [0.2, 0.25) is 0 Å². The van der Waals surface area contributed by atoms with Crippen molar-refractivity contribution in [2.75, 3.05) is 27.2 Å². The highest BCUT2D eigenvalue weighted by Gasteiger charge is 2.36. The summed E-state index contributed by atoms with van der Waals surface area (Å²) in [6.45, 7) is 2.76. The quantitative estimate of drug-likeness (QED) is 0.377. The van der Waals surface area contributed by atoms with Crippen molar-refractivity contribution in [3.05, 3.63) is 52.9 Å². The molecule has 1 aliphatic heterocycles. The molecule has 0 aromatic heterocycles. The number of carbonyl (C=O) groups is 2. The lowest BCUT2D eigenvalue weighted by molar-refractivity contribution is -0.127. The molecule has 0 radical (unpaired) electrons. The first-order chi connectivity index (χ1) is 13.8. The van der Waals surface area contributed by atoms with Gasteiger partial charge in [0.2, 0.25) is 5.91 Å². The maximum Gasteiger partial charge on any atom is 0.227 e. The van der Waals surface area contributed by atoms with E-state index in [1.165, 1.54) is 24.9 Å². The summed E-state index contributed by atoms with van der Waals surface area (Å²) in [4.78, 5) is 27.6. The van der Waals surface area contributed by atoms with Crippen molar-refractivity contribution in [2.45, 2.75) is 32.1 Å². The smallest absolute Gasteiger partial charge is 0.227 e. The van der Waals surface area contributed by atoms with Crippen molar-refractivity contribution in [1.29, 1.82) is 0 Å². The second-order valence-electron chi connectivity index (χ2n) is 7.79. The Morgan fingerprint density at radius 1 is 1.31 bits per heavy atom. The number of amides is 1. The first kappa shape index (κ1) is 21.0. The fourth-order valence-electron chi connectivity index (χ4n) is 3.67. The molecule has 1 aromatic rings. The van der Waals surface area contributed by atoms with Gasteiger partial charge in [-0.3, -0.25) is 9.59 Å². The van der Waals surface area contributed by atoms with Crippen LogP contribution in [0.4, 0.5) is 8.78 Å². The van der Waals surface area contributed by atoms with Crippen LogP contribution in [0.1, 0.15) is 37.7 Å². The van der Waals surface area contributed by atoms with Gasteiger partial charge >= 0.3 is 0 Å². The van der Waals surface area contributed by atoms with Crippen LogP contribution < -0.4 is 4.74 Å². The number of methoxy groups -OCH3 is 1. The SMILES string of the molecule is COc1cc(F)c(C2CC(=O)N(/C(C=O)=C(C)/C=C\N(C)CC3CC3)C2)c(F)c1. The van der Waals surface area contributed by atoms with Crippen molar-refractivity contribution in [3.63, 3.8) is 0 Å². The molecule has 3 rings (SSSR count). The number of halogens is 2. The topological polar surface area (TPSA) is 49.9 Å². The molecule has 1 aromatic carbocycles. The van der Waals surface area contributed by atoms with Gasteiger partial charge in [-0.1, -0.05) is 0 Å². The number of ether oxygens (including phenoxy) is 1. The highest BCUT2D eigenvalue weighted by molar-refractivity contribution is 5.89. The lowest BCUT2D eigenvalue weighted by atomic mass is 9.97. The van der Waals surface area contributed by atoms with Crippen molar-refractivity contribution < 1.29 is 23.1 Å². The Balaban J connectivity index is 1.79. The molecule has 1 saturated carbocycles. The maximum absolute atomic E-state index is 14.4. The number of allylic oxidation sites excluding steroid dienone is 3. The lowest BCUT2D eigenvalue weighted by Crippen LogP contribution is -2.26. The molecule has 0 bridgehead atoms. The van der Waals surface area contributed by atoms with Crippen LogP contribution in [-0.4, -0.2) is 49.2 Å². The molecule has 2 fully saturated rings. The minimum absolute atomic E-state index is 0.0518. The van der Waals surface area contributed by atoms with E-state index in [9.17, 15) is 18.4 Å². The molecule has 5 nitrogen and oxygen atoms in total. The fraction of sp³-hybridized carbons (Fsp3) is 0.455. The Morgan fingerprint density at radius 3 is 2.52 bits per heavy atom. The Hall–Kier alpha value is -2.70. The van der Waals surface area contributed by atoms with Gasteiger partial charge in [0.1, 0.15) is 17.4 Å². The molecule has 1 heterocycles. The Morgan fingerprint density at radius 2 is 1.97 bits per heavy atom. The third-order valence-corrected chi connectivity index (χ3v) is 5.45. The van der Waals surface area contributed by atoms with Crippen molar-refractivity contribution >= 4 is 12.2 Å². The summed E-state index contributed by atoms with van der Waals surface area (Å²) < 4.78 is 33.7. The zero-order valence-corrected chi connectivity index (χ0v) is 17.0. The standard InChI is InChI=1S/C22H26F2N2O3/c1-14(6-7-25(2)11-15-4-5-15)20(13-27)26-12-16(8-21(26)28)22-18(23)9-17(29-3)10-19(22)24/h6-7,9-10,13,15-16H,4-5,8,11-12H2,1-3H3/b7-6-,20-14+. The second-order valence-corrected chi connectivity index (χ2v) is 7.79. The van der Waals surface area contributed by atoms with E-state index < -0.39 is 17.6 Å². The van der Waals surface area contributed by atoms with Gasteiger partial charge in [0.05, 0.1) is 12.8 Å². The zero-order chi connectivity index (χ0) is 21.1. The predicted molar refractivity (Wildman–Crippen MR) is 105 cm³/mol. The number of hydrogen-bond acceptors (Lipinski definition) is 4. The molecule has 1 aliphatic carbocycles. The van der Waals surface area contributed by atoms with Gasteiger partial charge in [0.25, 0.3) is 0 Å². The number of carbonyl (C=O) groups excluding carboxylic acids is 2. The van der Waals surface area contributed by atoms with E-state index in [0.29, 0.717) is 11.9 Å². The van der Waals surface area contributed by atoms with Crippen LogP contribution in [0.15, 0.2) is 35.7 Å². The fourth-order valence-corrected chi connectivity index (χ4v) is 3.67. The van der Waals surface area contributed by atoms with Crippen molar-refractivity contribution in [1.82, 2.24) is 9.80 Å². The van der Waals surface area contributed by atoms with Crippen LogP contribution in [0, 0.1) is 17.6 Å². The third kappa shape index (κ3) is 4.83. The summed E-state index contributed by atoms with van der Waals surface area (Å²) in [7, 11) is 3.29. The van der Waals surface area contributed by atoms with E-state index in [-0.39, 0.29) is 35.9 Å². The molecule has 1 unspecified atom stereocenters.